The molecule has 0 radical (unpaired) electrons. The quantitative estimate of drug-likeness (QED) is 0.597. The van der Waals surface area contributed by atoms with Crippen LogP contribution in [0.1, 0.15) is 10.7 Å². The number of hydrogen-bond donors (Lipinski definition) is 0. The second kappa shape index (κ2) is 6.45. The van der Waals surface area contributed by atoms with Gasteiger partial charge in [0.05, 0.1) is 27.2 Å². The normalized spacial score (nSPS) is 10.3. The van der Waals surface area contributed by atoms with E-state index in [0.29, 0.717) is 22.8 Å². The molecule has 0 unspecified atom stereocenters. The molecule has 21 heavy (non-hydrogen) atoms. The van der Waals surface area contributed by atoms with E-state index in [1.165, 1.54) is 21.3 Å². The first-order chi connectivity index (χ1) is 10.1. The molecule has 112 valence electrons. The van der Waals surface area contributed by atoms with Gasteiger partial charge in [-0.3, -0.25) is 4.79 Å². The summed E-state index contributed by atoms with van der Waals surface area (Å²) in [7, 11) is 4.50. The average Bonchev–Trinajstić information content (AvgIpc) is 3.02. The Hall–Kier alpha value is -2.28. The van der Waals surface area contributed by atoms with E-state index in [1.807, 2.05) is 0 Å². The molecule has 2 aromatic rings. The minimum Gasteiger partial charge on any atom is -0.493 e. The Morgan fingerprint density at radius 3 is 2.24 bits per heavy atom. The molecule has 1 aromatic carbocycles. The van der Waals surface area contributed by atoms with Crippen LogP contribution in [-0.2, 0) is 0 Å². The van der Waals surface area contributed by atoms with Gasteiger partial charge in [-0.15, -0.1) is 21.8 Å². The summed E-state index contributed by atoms with van der Waals surface area (Å²) in [5, 5.41) is 7.47. The maximum atomic E-state index is 11.4. The smallest absolute Gasteiger partial charge is 0.285 e. The molecule has 2 rings (SSSR count). The van der Waals surface area contributed by atoms with Gasteiger partial charge in [0.2, 0.25) is 17.4 Å². The van der Waals surface area contributed by atoms with E-state index < -0.39 is 5.78 Å². The van der Waals surface area contributed by atoms with Gasteiger partial charge in [0, 0.05) is 5.56 Å². The fourth-order valence-electron chi connectivity index (χ4n) is 1.71. The van der Waals surface area contributed by atoms with Crippen LogP contribution >= 0.6 is 11.6 Å². The summed E-state index contributed by atoms with van der Waals surface area (Å²) < 4.78 is 21.0. The molecule has 0 amide bonds. The summed E-state index contributed by atoms with van der Waals surface area (Å²) in [6.07, 6.45) is 0. The second-order valence-electron chi connectivity index (χ2n) is 3.88. The Morgan fingerprint density at radius 2 is 1.76 bits per heavy atom. The van der Waals surface area contributed by atoms with Crippen molar-refractivity contribution >= 4 is 17.4 Å². The average molecular weight is 313 g/mol. The number of nitrogens with zero attached hydrogens (tertiary/aromatic N) is 2. The van der Waals surface area contributed by atoms with Crippen molar-refractivity contribution in [1.29, 1.82) is 0 Å². The third-order valence-electron chi connectivity index (χ3n) is 2.70. The number of ether oxygens (including phenoxy) is 3. The molecule has 0 bridgehead atoms. The predicted molar refractivity (Wildman–Crippen MR) is 74.4 cm³/mol. The van der Waals surface area contributed by atoms with E-state index in [2.05, 4.69) is 10.2 Å². The van der Waals surface area contributed by atoms with Crippen LogP contribution in [0.3, 0.4) is 0 Å². The van der Waals surface area contributed by atoms with Crippen LogP contribution < -0.4 is 14.2 Å². The first-order valence-corrected chi connectivity index (χ1v) is 6.41. The number of ketones is 1. The lowest BCUT2D eigenvalue weighted by Gasteiger charge is -2.12. The van der Waals surface area contributed by atoms with E-state index in [0.717, 1.165) is 0 Å². The molecule has 0 N–H and O–H groups in total. The van der Waals surface area contributed by atoms with Gasteiger partial charge in [0.25, 0.3) is 5.89 Å². The molecule has 8 heteroatoms. The number of carbonyl (C=O) groups is 1. The topological polar surface area (TPSA) is 83.7 Å². The number of alkyl halides is 1. The van der Waals surface area contributed by atoms with E-state index >= 15 is 0 Å². The number of carbonyl (C=O) groups excluding carboxylic acids is 1. The van der Waals surface area contributed by atoms with Crippen molar-refractivity contribution in [3.8, 4) is 28.7 Å². The van der Waals surface area contributed by atoms with Crippen molar-refractivity contribution in [3.05, 3.63) is 18.0 Å². The van der Waals surface area contributed by atoms with Gasteiger partial charge in [0.1, 0.15) is 0 Å². The zero-order valence-corrected chi connectivity index (χ0v) is 12.4. The second-order valence-corrected chi connectivity index (χ2v) is 4.15. The number of aromatic nitrogens is 2. The zero-order chi connectivity index (χ0) is 15.4. The van der Waals surface area contributed by atoms with Gasteiger partial charge in [-0.05, 0) is 12.1 Å². The van der Waals surface area contributed by atoms with Crippen molar-refractivity contribution in [1.82, 2.24) is 10.2 Å². The maximum absolute atomic E-state index is 11.4. The van der Waals surface area contributed by atoms with Gasteiger partial charge in [-0.1, -0.05) is 0 Å². The summed E-state index contributed by atoms with van der Waals surface area (Å²) in [6.45, 7) is 0. The lowest BCUT2D eigenvalue weighted by atomic mass is 10.2. The molecule has 7 nitrogen and oxygen atoms in total. The van der Waals surface area contributed by atoms with Gasteiger partial charge >= 0.3 is 0 Å². The van der Waals surface area contributed by atoms with E-state index in [9.17, 15) is 4.79 Å². The summed E-state index contributed by atoms with van der Waals surface area (Å²) in [5.74, 6) is 0.668. The third kappa shape index (κ3) is 2.92. The van der Waals surface area contributed by atoms with Gasteiger partial charge < -0.3 is 18.6 Å². The van der Waals surface area contributed by atoms with Crippen molar-refractivity contribution in [2.24, 2.45) is 0 Å². The molecule has 0 saturated heterocycles. The van der Waals surface area contributed by atoms with Crippen LogP contribution in [0.15, 0.2) is 16.5 Å². The highest BCUT2D eigenvalue weighted by molar-refractivity contribution is 6.29. The fraction of sp³-hybridized carbons (Fsp3) is 0.308. The molecular formula is C13H13ClN2O5. The Balaban J connectivity index is 2.49. The zero-order valence-electron chi connectivity index (χ0n) is 11.7. The van der Waals surface area contributed by atoms with Crippen LogP contribution in [0, 0.1) is 0 Å². The monoisotopic (exact) mass is 312 g/mol. The number of hydrogen-bond acceptors (Lipinski definition) is 7. The number of methoxy groups -OCH3 is 3. The molecule has 0 saturated carbocycles. The lowest BCUT2D eigenvalue weighted by Crippen LogP contribution is -1.99. The van der Waals surface area contributed by atoms with Crippen molar-refractivity contribution in [3.63, 3.8) is 0 Å². The lowest BCUT2D eigenvalue weighted by molar-refractivity contribution is 0.0985. The summed E-state index contributed by atoms with van der Waals surface area (Å²) >= 11 is 5.44. The van der Waals surface area contributed by atoms with Gasteiger partial charge in [0.15, 0.2) is 11.5 Å². The number of rotatable bonds is 6. The van der Waals surface area contributed by atoms with Crippen LogP contribution in [0.5, 0.6) is 17.2 Å². The Bertz CT molecular complexity index is 631. The molecule has 0 aliphatic heterocycles. The molecule has 0 spiro atoms. The SMILES string of the molecule is COc1cc(-c2nnc(C(=O)CCl)o2)cc(OC)c1OC. The summed E-state index contributed by atoms with van der Waals surface area (Å²) in [6, 6.07) is 3.29. The van der Waals surface area contributed by atoms with E-state index in [1.54, 1.807) is 12.1 Å². The van der Waals surface area contributed by atoms with Crippen LogP contribution in [0.4, 0.5) is 0 Å². The molecule has 0 aliphatic carbocycles. The van der Waals surface area contributed by atoms with Gasteiger partial charge in [-0.2, -0.15) is 0 Å². The highest BCUT2D eigenvalue weighted by Gasteiger charge is 2.19. The number of benzene rings is 1. The summed E-state index contributed by atoms with van der Waals surface area (Å²) in [4.78, 5) is 11.4. The van der Waals surface area contributed by atoms with Gasteiger partial charge in [-0.25, -0.2) is 0 Å². The van der Waals surface area contributed by atoms with Crippen LogP contribution in [0.25, 0.3) is 11.5 Å². The first kappa shape index (κ1) is 15.1. The van der Waals surface area contributed by atoms with Crippen molar-refractivity contribution in [2.45, 2.75) is 0 Å². The first-order valence-electron chi connectivity index (χ1n) is 5.87. The minimum absolute atomic E-state index is 0.145. The highest BCUT2D eigenvalue weighted by Crippen LogP contribution is 2.40. The highest BCUT2D eigenvalue weighted by atomic mass is 35.5. The molecule has 0 aliphatic rings. The van der Waals surface area contributed by atoms with Crippen molar-refractivity contribution in [2.75, 3.05) is 27.2 Å². The maximum Gasteiger partial charge on any atom is 0.285 e. The molecule has 0 fully saturated rings. The molecule has 0 atom stereocenters. The van der Waals surface area contributed by atoms with E-state index in [-0.39, 0.29) is 17.7 Å². The van der Waals surface area contributed by atoms with Crippen LogP contribution in [-0.4, -0.2) is 43.2 Å². The number of Topliss-reactive ketones (excluding diaryl/α,β-unsaturated/α-hetero) is 1. The minimum atomic E-state index is -0.442. The molecular weight excluding hydrogens is 300 g/mol. The van der Waals surface area contributed by atoms with Crippen LogP contribution in [0.2, 0.25) is 0 Å². The standard InChI is InChI=1S/C13H13ClN2O5/c1-18-9-4-7(5-10(19-2)11(9)20-3)12-15-16-13(21-12)8(17)6-14/h4-5H,6H2,1-3H3. The fourth-order valence-corrected chi connectivity index (χ4v) is 1.83. The number of halogens is 1. The Morgan fingerprint density at radius 1 is 1.14 bits per heavy atom. The Labute approximate surface area is 125 Å². The predicted octanol–water partition coefficient (Wildman–Crippen LogP) is 2.18. The Kier molecular flexibility index (Phi) is 4.64. The molecule has 1 aromatic heterocycles. The largest absolute Gasteiger partial charge is 0.493 e. The van der Waals surface area contributed by atoms with Crippen molar-refractivity contribution < 1.29 is 23.4 Å². The molecule has 1 heterocycles. The third-order valence-corrected chi connectivity index (χ3v) is 2.94. The van der Waals surface area contributed by atoms with E-state index in [4.69, 9.17) is 30.2 Å². The summed E-state index contributed by atoms with van der Waals surface area (Å²) in [5.41, 5.74) is 0.533.